The van der Waals surface area contributed by atoms with Crippen LogP contribution in [0.5, 0.6) is 0 Å². The van der Waals surface area contributed by atoms with Crippen LogP contribution in [0.15, 0.2) is 48.5 Å². The molecule has 0 unspecified atom stereocenters. The van der Waals surface area contributed by atoms with Gasteiger partial charge in [-0.05, 0) is 48.4 Å². The molecule has 2 nitrogen and oxygen atoms in total. The van der Waals surface area contributed by atoms with E-state index in [2.05, 4.69) is 66.1 Å². The Morgan fingerprint density at radius 1 is 0.778 bits per heavy atom. The maximum absolute atomic E-state index is 3.40. The van der Waals surface area contributed by atoms with Crippen molar-refractivity contribution in [2.75, 3.05) is 17.7 Å². The number of anilines is 3. The van der Waals surface area contributed by atoms with Gasteiger partial charge in [0.25, 0.3) is 0 Å². The van der Waals surface area contributed by atoms with Gasteiger partial charge in [0.1, 0.15) is 0 Å². The van der Waals surface area contributed by atoms with E-state index in [0.717, 1.165) is 23.5 Å². The third-order valence-corrected chi connectivity index (χ3v) is 2.95. The zero-order valence-electron chi connectivity index (χ0n) is 11.0. The Hall–Kier alpha value is -1.96. The molecular formula is C16H20N2. The molecule has 0 spiro atoms. The molecule has 2 rings (SSSR count). The topological polar surface area (TPSA) is 24.1 Å². The Morgan fingerprint density at radius 3 is 1.78 bits per heavy atom. The van der Waals surface area contributed by atoms with E-state index >= 15 is 0 Å². The first kappa shape index (κ1) is 12.5. The first-order chi connectivity index (χ1) is 8.81. The standard InChI is InChI=1S/C16H20N2/c1-3-4-13-5-7-15(8-6-13)18-16-11-9-14(17-2)10-12-16/h5-12,17-18H,3-4H2,1-2H3. The number of hydrogen-bond acceptors (Lipinski definition) is 2. The van der Waals surface area contributed by atoms with Crippen LogP contribution < -0.4 is 10.6 Å². The second-order valence-corrected chi connectivity index (χ2v) is 4.40. The molecule has 0 saturated heterocycles. The zero-order chi connectivity index (χ0) is 12.8. The van der Waals surface area contributed by atoms with Crippen LogP contribution in [0.3, 0.4) is 0 Å². The molecule has 2 N–H and O–H groups in total. The van der Waals surface area contributed by atoms with Crippen molar-refractivity contribution in [2.45, 2.75) is 19.8 Å². The molecule has 0 atom stereocenters. The minimum Gasteiger partial charge on any atom is -0.388 e. The van der Waals surface area contributed by atoms with Crippen LogP contribution >= 0.6 is 0 Å². The molecule has 0 heterocycles. The van der Waals surface area contributed by atoms with Crippen molar-refractivity contribution in [1.29, 1.82) is 0 Å². The number of hydrogen-bond donors (Lipinski definition) is 2. The molecule has 94 valence electrons. The molecule has 18 heavy (non-hydrogen) atoms. The highest BCUT2D eigenvalue weighted by atomic mass is 14.9. The second-order valence-electron chi connectivity index (χ2n) is 4.40. The minimum atomic E-state index is 1.11. The smallest absolute Gasteiger partial charge is 0.0385 e. The molecule has 0 radical (unpaired) electrons. The van der Waals surface area contributed by atoms with Crippen LogP contribution in [0.2, 0.25) is 0 Å². The van der Waals surface area contributed by atoms with Gasteiger partial charge in [0.05, 0.1) is 0 Å². The normalized spacial score (nSPS) is 10.1. The molecule has 2 heteroatoms. The molecule has 2 aromatic rings. The van der Waals surface area contributed by atoms with E-state index in [9.17, 15) is 0 Å². The van der Waals surface area contributed by atoms with Crippen molar-refractivity contribution < 1.29 is 0 Å². The highest BCUT2D eigenvalue weighted by Gasteiger charge is 1.96. The second kappa shape index (κ2) is 6.10. The Bertz CT molecular complexity index is 471. The van der Waals surface area contributed by atoms with Gasteiger partial charge in [-0.15, -0.1) is 0 Å². The summed E-state index contributed by atoms with van der Waals surface area (Å²) in [5.74, 6) is 0. The van der Waals surface area contributed by atoms with E-state index in [-0.39, 0.29) is 0 Å². The molecule has 0 aromatic heterocycles. The first-order valence-electron chi connectivity index (χ1n) is 6.45. The van der Waals surface area contributed by atoms with Gasteiger partial charge in [-0.3, -0.25) is 0 Å². The van der Waals surface area contributed by atoms with Crippen LogP contribution in [0, 0.1) is 0 Å². The SMILES string of the molecule is CCCc1ccc(Nc2ccc(NC)cc2)cc1. The lowest BCUT2D eigenvalue weighted by Gasteiger charge is -2.08. The summed E-state index contributed by atoms with van der Waals surface area (Å²) in [6, 6.07) is 16.9. The van der Waals surface area contributed by atoms with Crippen molar-refractivity contribution >= 4 is 17.1 Å². The zero-order valence-corrected chi connectivity index (χ0v) is 11.0. The Morgan fingerprint density at radius 2 is 1.28 bits per heavy atom. The summed E-state index contributed by atoms with van der Waals surface area (Å²) >= 11 is 0. The van der Waals surface area contributed by atoms with Crippen molar-refractivity contribution in [3.63, 3.8) is 0 Å². The summed E-state index contributed by atoms with van der Waals surface area (Å²) in [5, 5.41) is 6.51. The summed E-state index contributed by atoms with van der Waals surface area (Å²) in [6.45, 7) is 2.20. The monoisotopic (exact) mass is 240 g/mol. The quantitative estimate of drug-likeness (QED) is 0.808. The van der Waals surface area contributed by atoms with Gasteiger partial charge in [0.15, 0.2) is 0 Å². The lowest BCUT2D eigenvalue weighted by molar-refractivity contribution is 0.922. The highest BCUT2D eigenvalue weighted by Crippen LogP contribution is 2.19. The van der Waals surface area contributed by atoms with Crippen molar-refractivity contribution in [2.24, 2.45) is 0 Å². The van der Waals surface area contributed by atoms with Gasteiger partial charge >= 0.3 is 0 Å². The van der Waals surface area contributed by atoms with Gasteiger partial charge in [-0.2, -0.15) is 0 Å². The van der Waals surface area contributed by atoms with Gasteiger partial charge < -0.3 is 10.6 Å². The fourth-order valence-electron chi connectivity index (χ4n) is 1.93. The van der Waals surface area contributed by atoms with E-state index in [1.165, 1.54) is 12.0 Å². The minimum absolute atomic E-state index is 1.11. The third-order valence-electron chi connectivity index (χ3n) is 2.95. The number of nitrogens with one attached hydrogen (secondary N) is 2. The van der Waals surface area contributed by atoms with Gasteiger partial charge in [0, 0.05) is 24.1 Å². The highest BCUT2D eigenvalue weighted by molar-refractivity contribution is 5.62. The summed E-state index contributed by atoms with van der Waals surface area (Å²) < 4.78 is 0. The molecular weight excluding hydrogens is 220 g/mol. The fraction of sp³-hybridized carbons (Fsp3) is 0.250. The lowest BCUT2D eigenvalue weighted by atomic mass is 10.1. The van der Waals surface area contributed by atoms with Crippen LogP contribution in [0.4, 0.5) is 17.1 Å². The molecule has 0 aliphatic heterocycles. The molecule has 0 saturated carbocycles. The maximum Gasteiger partial charge on any atom is 0.0385 e. The summed E-state index contributed by atoms with van der Waals surface area (Å²) in [5.41, 5.74) is 4.76. The van der Waals surface area contributed by atoms with E-state index in [1.807, 2.05) is 7.05 Å². The van der Waals surface area contributed by atoms with Gasteiger partial charge in [0.2, 0.25) is 0 Å². The molecule has 0 aliphatic carbocycles. The van der Waals surface area contributed by atoms with Crippen LogP contribution in [-0.2, 0) is 6.42 Å². The fourth-order valence-corrected chi connectivity index (χ4v) is 1.93. The Kier molecular flexibility index (Phi) is 4.24. The van der Waals surface area contributed by atoms with Gasteiger partial charge in [-0.25, -0.2) is 0 Å². The van der Waals surface area contributed by atoms with E-state index in [4.69, 9.17) is 0 Å². The maximum atomic E-state index is 3.40. The largest absolute Gasteiger partial charge is 0.388 e. The summed E-state index contributed by atoms with van der Waals surface area (Å²) in [4.78, 5) is 0. The molecule has 2 aromatic carbocycles. The van der Waals surface area contributed by atoms with Crippen molar-refractivity contribution in [3.05, 3.63) is 54.1 Å². The third kappa shape index (κ3) is 3.27. The molecule has 0 fully saturated rings. The summed E-state index contributed by atoms with van der Waals surface area (Å²) in [7, 11) is 1.93. The lowest BCUT2D eigenvalue weighted by Crippen LogP contribution is -1.92. The summed E-state index contributed by atoms with van der Waals surface area (Å²) in [6.07, 6.45) is 2.34. The number of aryl methyl sites for hydroxylation is 1. The van der Waals surface area contributed by atoms with Crippen LogP contribution in [0.1, 0.15) is 18.9 Å². The van der Waals surface area contributed by atoms with Crippen LogP contribution in [-0.4, -0.2) is 7.05 Å². The predicted molar refractivity (Wildman–Crippen MR) is 79.7 cm³/mol. The van der Waals surface area contributed by atoms with E-state index < -0.39 is 0 Å². The van der Waals surface area contributed by atoms with Crippen molar-refractivity contribution in [1.82, 2.24) is 0 Å². The predicted octanol–water partition coefficient (Wildman–Crippen LogP) is 4.42. The van der Waals surface area contributed by atoms with E-state index in [0.29, 0.717) is 0 Å². The number of benzene rings is 2. The first-order valence-corrected chi connectivity index (χ1v) is 6.45. The average Bonchev–Trinajstić information content (AvgIpc) is 2.42. The Balaban J connectivity index is 2.03. The van der Waals surface area contributed by atoms with E-state index in [1.54, 1.807) is 0 Å². The van der Waals surface area contributed by atoms with Crippen LogP contribution in [0.25, 0.3) is 0 Å². The molecule has 0 amide bonds. The average molecular weight is 240 g/mol. The molecule has 0 aliphatic rings. The molecule has 0 bridgehead atoms. The number of rotatable bonds is 5. The van der Waals surface area contributed by atoms with Crippen molar-refractivity contribution in [3.8, 4) is 0 Å². The Labute approximate surface area is 109 Å². The van der Waals surface area contributed by atoms with Gasteiger partial charge in [-0.1, -0.05) is 25.5 Å².